The Labute approximate surface area is 203 Å². The topological polar surface area (TPSA) is 100 Å². The van der Waals surface area contributed by atoms with Gasteiger partial charge >= 0.3 is 6.09 Å². The van der Waals surface area contributed by atoms with E-state index in [2.05, 4.69) is 10.6 Å². The number of rotatable bonds is 8. The first-order chi connectivity index (χ1) is 16.9. The molecule has 0 unspecified atom stereocenters. The quantitative estimate of drug-likeness (QED) is 0.594. The fourth-order valence-corrected chi connectivity index (χ4v) is 4.04. The van der Waals surface area contributed by atoms with Crippen LogP contribution in [0, 0.1) is 5.82 Å². The number of anilines is 1. The summed E-state index contributed by atoms with van der Waals surface area (Å²) in [4.78, 5) is 38.6. The number of halogens is 1. The smallest absolute Gasteiger partial charge is 0.414 e. The second kappa shape index (κ2) is 11.3. The first-order valence-corrected chi connectivity index (χ1v) is 11.6. The lowest BCUT2D eigenvalue weighted by Gasteiger charge is -2.26. The van der Waals surface area contributed by atoms with Crippen LogP contribution in [0.15, 0.2) is 42.5 Å². The van der Waals surface area contributed by atoms with E-state index in [0.29, 0.717) is 49.7 Å². The molecular weight excluding hydrogens is 455 g/mol. The third-order valence-electron chi connectivity index (χ3n) is 5.95. The van der Waals surface area contributed by atoms with Gasteiger partial charge in [-0.05, 0) is 29.3 Å². The SMILES string of the molecule is CC(=O)NC[C@H]1CN(c2ccc(-c3ccc(CNCC(=O)N4CCOCC4)cc3)c(F)c2)C(=O)O1. The highest BCUT2D eigenvalue weighted by atomic mass is 19.1. The van der Waals surface area contributed by atoms with Gasteiger partial charge in [-0.15, -0.1) is 0 Å². The lowest BCUT2D eigenvalue weighted by Crippen LogP contribution is -2.44. The monoisotopic (exact) mass is 484 g/mol. The number of hydrogen-bond donors (Lipinski definition) is 2. The molecule has 2 aliphatic heterocycles. The number of nitrogens with zero attached hydrogens (tertiary/aromatic N) is 2. The van der Waals surface area contributed by atoms with Gasteiger partial charge in [0.05, 0.1) is 38.5 Å². The number of morpholine rings is 1. The molecule has 2 heterocycles. The van der Waals surface area contributed by atoms with Crippen LogP contribution in [0.3, 0.4) is 0 Å². The molecule has 2 fully saturated rings. The summed E-state index contributed by atoms with van der Waals surface area (Å²) in [5.41, 5.74) is 2.49. The minimum absolute atomic E-state index is 0.0513. The third kappa shape index (κ3) is 6.34. The molecule has 0 aromatic heterocycles. The minimum atomic E-state index is -0.573. The highest BCUT2D eigenvalue weighted by Crippen LogP contribution is 2.29. The Balaban J connectivity index is 1.32. The Morgan fingerprint density at radius 1 is 1.11 bits per heavy atom. The van der Waals surface area contributed by atoms with Crippen LogP contribution in [0.25, 0.3) is 11.1 Å². The summed E-state index contributed by atoms with van der Waals surface area (Å²) in [5, 5.41) is 5.77. The maximum Gasteiger partial charge on any atom is 0.414 e. The molecule has 4 rings (SSSR count). The van der Waals surface area contributed by atoms with Crippen molar-refractivity contribution in [3.05, 3.63) is 53.8 Å². The fraction of sp³-hybridized carbons (Fsp3) is 0.400. The molecule has 2 aromatic rings. The Morgan fingerprint density at radius 3 is 2.54 bits per heavy atom. The summed E-state index contributed by atoms with van der Waals surface area (Å²) in [7, 11) is 0. The minimum Gasteiger partial charge on any atom is -0.442 e. The van der Waals surface area contributed by atoms with Crippen LogP contribution in [-0.4, -0.2) is 74.8 Å². The molecule has 1 atom stereocenters. The van der Waals surface area contributed by atoms with E-state index >= 15 is 0 Å². The van der Waals surface area contributed by atoms with Gasteiger partial charge < -0.3 is 25.0 Å². The van der Waals surface area contributed by atoms with E-state index in [1.807, 2.05) is 24.3 Å². The molecule has 9 nitrogen and oxygen atoms in total. The fourth-order valence-electron chi connectivity index (χ4n) is 4.04. The second-order valence-corrected chi connectivity index (χ2v) is 8.51. The van der Waals surface area contributed by atoms with E-state index in [9.17, 15) is 18.8 Å². The first kappa shape index (κ1) is 24.6. The van der Waals surface area contributed by atoms with Gasteiger partial charge in [-0.25, -0.2) is 9.18 Å². The Morgan fingerprint density at radius 2 is 1.86 bits per heavy atom. The molecule has 0 aliphatic carbocycles. The first-order valence-electron chi connectivity index (χ1n) is 11.6. The van der Waals surface area contributed by atoms with Crippen LogP contribution < -0.4 is 15.5 Å². The van der Waals surface area contributed by atoms with Crippen LogP contribution in [0.5, 0.6) is 0 Å². The highest BCUT2D eigenvalue weighted by Gasteiger charge is 2.32. The van der Waals surface area contributed by atoms with Crippen LogP contribution in [0.4, 0.5) is 14.9 Å². The van der Waals surface area contributed by atoms with E-state index in [4.69, 9.17) is 9.47 Å². The summed E-state index contributed by atoms with van der Waals surface area (Å²) < 4.78 is 25.4. The van der Waals surface area contributed by atoms with E-state index in [-0.39, 0.29) is 31.4 Å². The average molecular weight is 485 g/mol. The van der Waals surface area contributed by atoms with Crippen molar-refractivity contribution in [1.29, 1.82) is 0 Å². The maximum atomic E-state index is 14.9. The Bertz CT molecular complexity index is 1070. The molecule has 0 spiro atoms. The lowest BCUT2D eigenvalue weighted by molar-refractivity contribution is -0.134. The van der Waals surface area contributed by atoms with Crippen LogP contribution in [-0.2, 0) is 25.6 Å². The van der Waals surface area contributed by atoms with Gasteiger partial charge in [0.1, 0.15) is 11.9 Å². The van der Waals surface area contributed by atoms with E-state index < -0.39 is 18.0 Å². The van der Waals surface area contributed by atoms with Gasteiger partial charge in [0.15, 0.2) is 0 Å². The number of nitrogens with one attached hydrogen (secondary N) is 2. The van der Waals surface area contributed by atoms with E-state index in [0.717, 1.165) is 5.56 Å². The molecule has 2 aromatic carbocycles. The summed E-state index contributed by atoms with van der Waals surface area (Å²) in [6, 6.07) is 12.0. The van der Waals surface area contributed by atoms with Crippen molar-refractivity contribution in [2.45, 2.75) is 19.6 Å². The molecule has 186 valence electrons. The number of cyclic esters (lactones) is 1. The molecule has 2 aliphatic rings. The van der Waals surface area contributed by atoms with Gasteiger partial charge in [0.25, 0.3) is 0 Å². The van der Waals surface area contributed by atoms with Crippen molar-refractivity contribution in [3.8, 4) is 11.1 Å². The standard InChI is InChI=1S/C25H29FN4O5/c1-17(31)28-14-21-16-30(25(33)35-21)20-6-7-22(23(26)12-20)19-4-2-18(3-5-19)13-27-15-24(32)29-8-10-34-11-9-29/h2-7,12,21,27H,8-11,13-16H2,1H3,(H,28,31)/t21-/m0/s1. The molecule has 3 amide bonds. The number of amides is 3. The normalized spacial score (nSPS) is 17.9. The number of ether oxygens (including phenoxy) is 2. The zero-order chi connectivity index (χ0) is 24.8. The van der Waals surface area contributed by atoms with Gasteiger partial charge in [-0.2, -0.15) is 0 Å². The average Bonchev–Trinajstić information content (AvgIpc) is 3.24. The molecule has 10 heteroatoms. The predicted molar refractivity (Wildman–Crippen MR) is 127 cm³/mol. The molecule has 0 bridgehead atoms. The molecule has 35 heavy (non-hydrogen) atoms. The van der Waals surface area contributed by atoms with Crippen molar-refractivity contribution < 1.29 is 28.2 Å². The maximum absolute atomic E-state index is 14.9. The molecule has 2 saturated heterocycles. The predicted octanol–water partition coefficient (Wildman–Crippen LogP) is 1.90. The molecule has 0 saturated carbocycles. The number of carbonyl (C=O) groups is 3. The second-order valence-electron chi connectivity index (χ2n) is 8.51. The number of carbonyl (C=O) groups excluding carboxylic acids is 3. The van der Waals surface area contributed by atoms with Crippen molar-refractivity contribution in [1.82, 2.24) is 15.5 Å². The number of hydrogen-bond acceptors (Lipinski definition) is 6. The summed E-state index contributed by atoms with van der Waals surface area (Å²) in [6.07, 6.45) is -1.06. The Hall–Kier alpha value is -3.50. The van der Waals surface area contributed by atoms with Crippen LogP contribution in [0.2, 0.25) is 0 Å². The lowest BCUT2D eigenvalue weighted by atomic mass is 10.0. The number of benzene rings is 2. The third-order valence-corrected chi connectivity index (χ3v) is 5.95. The van der Waals surface area contributed by atoms with Gasteiger partial charge in [0.2, 0.25) is 11.8 Å². The molecule has 0 radical (unpaired) electrons. The van der Waals surface area contributed by atoms with E-state index in [1.165, 1.54) is 17.9 Å². The zero-order valence-electron chi connectivity index (χ0n) is 19.6. The van der Waals surface area contributed by atoms with E-state index in [1.54, 1.807) is 17.0 Å². The van der Waals surface area contributed by atoms with Crippen LogP contribution >= 0.6 is 0 Å². The molecular formula is C25H29FN4O5. The highest BCUT2D eigenvalue weighted by molar-refractivity contribution is 5.90. The van der Waals surface area contributed by atoms with Gasteiger partial charge in [0, 0.05) is 32.1 Å². The summed E-state index contributed by atoms with van der Waals surface area (Å²) >= 11 is 0. The van der Waals surface area contributed by atoms with Crippen molar-refractivity contribution in [3.63, 3.8) is 0 Å². The van der Waals surface area contributed by atoms with Gasteiger partial charge in [-0.3, -0.25) is 14.5 Å². The molecule has 2 N–H and O–H groups in total. The van der Waals surface area contributed by atoms with Crippen molar-refractivity contribution in [2.24, 2.45) is 0 Å². The summed E-state index contributed by atoms with van der Waals surface area (Å²) in [6.45, 7) is 4.99. The van der Waals surface area contributed by atoms with Crippen molar-refractivity contribution in [2.75, 3.05) is 50.8 Å². The zero-order valence-corrected chi connectivity index (χ0v) is 19.6. The largest absolute Gasteiger partial charge is 0.442 e. The summed E-state index contributed by atoms with van der Waals surface area (Å²) in [5.74, 6) is -0.615. The van der Waals surface area contributed by atoms with Crippen molar-refractivity contribution >= 4 is 23.6 Å². The van der Waals surface area contributed by atoms with Crippen LogP contribution in [0.1, 0.15) is 12.5 Å². The van der Waals surface area contributed by atoms with Gasteiger partial charge in [-0.1, -0.05) is 24.3 Å². The Kier molecular flexibility index (Phi) is 7.94.